The molecule has 2 rings (SSSR count). The van der Waals surface area contributed by atoms with E-state index in [0.29, 0.717) is 17.8 Å². The van der Waals surface area contributed by atoms with Crippen LogP contribution in [0.1, 0.15) is 23.2 Å². The van der Waals surface area contributed by atoms with Crippen molar-refractivity contribution in [3.63, 3.8) is 0 Å². The molecule has 1 atom stereocenters. The van der Waals surface area contributed by atoms with Gasteiger partial charge in [-0.1, -0.05) is 12.1 Å². The van der Waals surface area contributed by atoms with Crippen LogP contribution in [-0.4, -0.2) is 38.4 Å². The maximum atomic E-state index is 12.1. The summed E-state index contributed by atoms with van der Waals surface area (Å²) in [5.41, 5.74) is 0.820. The molecule has 0 aliphatic carbocycles. The molecule has 0 saturated carbocycles. The molecule has 0 bridgehead atoms. The summed E-state index contributed by atoms with van der Waals surface area (Å²) in [6.07, 6.45) is 1.47. The van der Waals surface area contributed by atoms with Gasteiger partial charge in [-0.3, -0.25) is 10.1 Å². The van der Waals surface area contributed by atoms with Crippen LogP contribution in [0.4, 0.5) is 10.5 Å². The number of anilines is 1. The molecule has 1 aromatic carbocycles. The molecule has 1 aliphatic rings. The van der Waals surface area contributed by atoms with Crippen LogP contribution in [0.2, 0.25) is 0 Å². The molecule has 2 N–H and O–H groups in total. The van der Waals surface area contributed by atoms with Crippen LogP contribution in [0.5, 0.6) is 0 Å². The smallest absolute Gasteiger partial charge is 0.411 e. The number of benzene rings is 1. The molecule has 6 nitrogen and oxygen atoms in total. The van der Waals surface area contributed by atoms with Gasteiger partial charge in [-0.2, -0.15) is 0 Å². The average molecular weight is 278 g/mol. The number of hydrogen-bond acceptors (Lipinski definition) is 4. The molecule has 0 radical (unpaired) electrons. The molecule has 6 heteroatoms. The van der Waals surface area contributed by atoms with Gasteiger partial charge in [0.2, 0.25) is 0 Å². The monoisotopic (exact) mass is 278 g/mol. The minimum atomic E-state index is -0.607. The van der Waals surface area contributed by atoms with Crippen molar-refractivity contribution >= 4 is 17.7 Å². The SMILES string of the molecule is COC(=O)Nc1ccccc1C(=O)NCC1CCCO1. The highest BCUT2D eigenvalue weighted by atomic mass is 16.5. The minimum absolute atomic E-state index is 0.0830. The summed E-state index contributed by atoms with van der Waals surface area (Å²) in [5, 5.41) is 5.33. The first-order chi connectivity index (χ1) is 9.70. The highest BCUT2D eigenvalue weighted by molar-refractivity contribution is 6.02. The number of hydrogen-bond donors (Lipinski definition) is 2. The lowest BCUT2D eigenvalue weighted by molar-refractivity contribution is 0.0858. The van der Waals surface area contributed by atoms with Gasteiger partial charge in [-0.05, 0) is 25.0 Å². The van der Waals surface area contributed by atoms with Crippen molar-refractivity contribution in [2.24, 2.45) is 0 Å². The molecule has 0 spiro atoms. The first kappa shape index (κ1) is 14.3. The fourth-order valence-electron chi connectivity index (χ4n) is 2.06. The molecule has 0 aromatic heterocycles. The number of carbonyl (C=O) groups is 2. The van der Waals surface area contributed by atoms with Crippen LogP contribution in [0.25, 0.3) is 0 Å². The third-order valence-corrected chi connectivity index (χ3v) is 3.11. The van der Waals surface area contributed by atoms with Crippen molar-refractivity contribution in [1.29, 1.82) is 0 Å². The predicted octanol–water partition coefficient (Wildman–Crippen LogP) is 1.77. The molecular formula is C14H18N2O4. The molecule has 1 saturated heterocycles. The molecule has 1 unspecified atom stereocenters. The van der Waals surface area contributed by atoms with E-state index >= 15 is 0 Å². The molecule has 1 aromatic rings. The fraction of sp³-hybridized carbons (Fsp3) is 0.429. The maximum Gasteiger partial charge on any atom is 0.411 e. The summed E-state index contributed by atoms with van der Waals surface area (Å²) >= 11 is 0. The summed E-state index contributed by atoms with van der Waals surface area (Å²) in [4.78, 5) is 23.4. The molecule has 1 fully saturated rings. The Balaban J connectivity index is 1.99. The molecule has 1 heterocycles. The van der Waals surface area contributed by atoms with E-state index in [1.54, 1.807) is 24.3 Å². The number of amides is 2. The second-order valence-electron chi connectivity index (χ2n) is 4.51. The number of rotatable bonds is 4. The van der Waals surface area contributed by atoms with Gasteiger partial charge in [0.05, 0.1) is 24.5 Å². The van der Waals surface area contributed by atoms with Crippen LogP contribution in [-0.2, 0) is 9.47 Å². The van der Waals surface area contributed by atoms with Crippen molar-refractivity contribution in [2.75, 3.05) is 25.6 Å². The largest absolute Gasteiger partial charge is 0.453 e. The van der Waals surface area contributed by atoms with E-state index in [1.165, 1.54) is 7.11 Å². The summed E-state index contributed by atoms with van der Waals surface area (Å²) in [5.74, 6) is -0.243. The zero-order valence-corrected chi connectivity index (χ0v) is 11.3. The first-order valence-electron chi connectivity index (χ1n) is 6.54. The van der Waals surface area contributed by atoms with Crippen molar-refractivity contribution in [3.8, 4) is 0 Å². The lowest BCUT2D eigenvalue weighted by Gasteiger charge is -2.13. The number of methoxy groups -OCH3 is 1. The molecule has 20 heavy (non-hydrogen) atoms. The van der Waals surface area contributed by atoms with Crippen molar-refractivity contribution in [3.05, 3.63) is 29.8 Å². The van der Waals surface area contributed by atoms with Crippen LogP contribution in [0.3, 0.4) is 0 Å². The molecule has 1 aliphatic heterocycles. The van der Waals surface area contributed by atoms with Gasteiger partial charge in [0, 0.05) is 13.2 Å². The Morgan fingerprint density at radius 3 is 2.90 bits per heavy atom. The van der Waals surface area contributed by atoms with Crippen molar-refractivity contribution in [1.82, 2.24) is 5.32 Å². The Kier molecular flexibility index (Phi) is 4.95. The lowest BCUT2D eigenvalue weighted by atomic mass is 10.1. The second kappa shape index (κ2) is 6.91. The highest BCUT2D eigenvalue weighted by Crippen LogP contribution is 2.16. The predicted molar refractivity (Wildman–Crippen MR) is 73.8 cm³/mol. The Morgan fingerprint density at radius 1 is 1.40 bits per heavy atom. The topological polar surface area (TPSA) is 76.7 Å². The Labute approximate surface area is 117 Å². The van der Waals surface area contributed by atoms with Crippen LogP contribution in [0.15, 0.2) is 24.3 Å². The van der Waals surface area contributed by atoms with Gasteiger partial charge < -0.3 is 14.8 Å². The van der Waals surface area contributed by atoms with Crippen molar-refractivity contribution in [2.45, 2.75) is 18.9 Å². The lowest BCUT2D eigenvalue weighted by Crippen LogP contribution is -2.32. The maximum absolute atomic E-state index is 12.1. The van der Waals surface area contributed by atoms with Crippen molar-refractivity contribution < 1.29 is 19.1 Å². The third-order valence-electron chi connectivity index (χ3n) is 3.11. The quantitative estimate of drug-likeness (QED) is 0.880. The summed E-state index contributed by atoms with van der Waals surface area (Å²) < 4.78 is 9.98. The van der Waals surface area contributed by atoms with E-state index in [9.17, 15) is 9.59 Å². The van der Waals surface area contributed by atoms with Crippen LogP contribution < -0.4 is 10.6 Å². The number of nitrogens with one attached hydrogen (secondary N) is 2. The summed E-state index contributed by atoms with van der Waals surface area (Å²) in [7, 11) is 1.27. The van der Waals surface area contributed by atoms with E-state index in [-0.39, 0.29) is 12.0 Å². The Hall–Kier alpha value is -2.08. The first-order valence-corrected chi connectivity index (χ1v) is 6.54. The Morgan fingerprint density at radius 2 is 2.20 bits per heavy atom. The van der Waals surface area contributed by atoms with Crippen LogP contribution >= 0.6 is 0 Å². The van der Waals surface area contributed by atoms with Gasteiger partial charge in [0.15, 0.2) is 0 Å². The second-order valence-corrected chi connectivity index (χ2v) is 4.51. The van der Waals surface area contributed by atoms with E-state index < -0.39 is 6.09 Å². The van der Waals surface area contributed by atoms with E-state index in [0.717, 1.165) is 19.4 Å². The Bertz CT molecular complexity index is 484. The van der Waals surface area contributed by atoms with E-state index in [1.807, 2.05) is 0 Å². The fourth-order valence-corrected chi connectivity index (χ4v) is 2.06. The standard InChI is InChI=1S/C14H18N2O4/c1-19-14(18)16-12-7-3-2-6-11(12)13(17)15-9-10-5-4-8-20-10/h2-3,6-7,10H,4-5,8-9H2,1H3,(H,15,17)(H,16,18). The number of ether oxygens (including phenoxy) is 2. The molecule has 108 valence electrons. The zero-order valence-electron chi connectivity index (χ0n) is 11.3. The average Bonchev–Trinajstić information content (AvgIpc) is 2.98. The van der Waals surface area contributed by atoms with E-state index in [2.05, 4.69) is 15.4 Å². The molecular weight excluding hydrogens is 260 g/mol. The van der Waals surface area contributed by atoms with Gasteiger partial charge >= 0.3 is 6.09 Å². The zero-order chi connectivity index (χ0) is 14.4. The van der Waals surface area contributed by atoms with E-state index in [4.69, 9.17) is 4.74 Å². The van der Waals surface area contributed by atoms with Gasteiger partial charge in [0.25, 0.3) is 5.91 Å². The summed E-state index contributed by atoms with van der Waals surface area (Å²) in [6, 6.07) is 6.78. The van der Waals surface area contributed by atoms with Gasteiger partial charge in [-0.15, -0.1) is 0 Å². The normalized spacial score (nSPS) is 17.6. The van der Waals surface area contributed by atoms with Crippen LogP contribution in [0, 0.1) is 0 Å². The minimum Gasteiger partial charge on any atom is -0.453 e. The third kappa shape index (κ3) is 3.71. The van der Waals surface area contributed by atoms with Gasteiger partial charge in [0.1, 0.15) is 0 Å². The number of para-hydroxylation sites is 1. The van der Waals surface area contributed by atoms with Gasteiger partial charge in [-0.25, -0.2) is 4.79 Å². The highest BCUT2D eigenvalue weighted by Gasteiger charge is 2.18. The number of carbonyl (C=O) groups excluding carboxylic acids is 2. The molecule has 2 amide bonds. The summed E-state index contributed by atoms with van der Waals surface area (Å²) in [6.45, 7) is 1.23.